The maximum Gasteiger partial charge on any atom is 0.191 e. The van der Waals surface area contributed by atoms with Gasteiger partial charge in [0.15, 0.2) is 5.96 Å². The molecule has 0 aliphatic carbocycles. The molecule has 1 fully saturated rings. The van der Waals surface area contributed by atoms with Gasteiger partial charge in [-0.15, -0.1) is 11.3 Å². The molecule has 1 aromatic rings. The predicted octanol–water partition coefficient (Wildman–Crippen LogP) is 1.75. The zero-order valence-corrected chi connectivity index (χ0v) is 14.9. The average Bonchev–Trinajstić information content (AvgIpc) is 2.98. The summed E-state index contributed by atoms with van der Waals surface area (Å²) in [5.74, 6) is 1.63. The van der Waals surface area contributed by atoms with E-state index < -0.39 is 0 Å². The van der Waals surface area contributed by atoms with Gasteiger partial charge in [0.25, 0.3) is 0 Å². The summed E-state index contributed by atoms with van der Waals surface area (Å²) in [6.45, 7) is 6.46. The lowest BCUT2D eigenvalue weighted by Gasteiger charge is -2.30. The molecule has 1 saturated heterocycles. The van der Waals surface area contributed by atoms with Crippen molar-refractivity contribution < 1.29 is 0 Å². The summed E-state index contributed by atoms with van der Waals surface area (Å²) in [7, 11) is 4.04. The number of rotatable bonds is 6. The molecule has 2 N–H and O–H groups in total. The Hall–Kier alpha value is -1.14. The number of hydrogen-bond acceptors (Lipinski definition) is 4. The van der Waals surface area contributed by atoms with Crippen LogP contribution in [0, 0.1) is 5.92 Å². The summed E-state index contributed by atoms with van der Waals surface area (Å²) in [5.41, 5.74) is 0. The molecule has 124 valence electrons. The van der Waals surface area contributed by atoms with Crippen LogP contribution in [0.15, 0.2) is 11.2 Å². The standard InChI is InChI=1S/C16H29N5S/c1-4-14-11-19-15(22-14)7-8-18-16(17-2)20-10-13-6-5-9-21(3)12-13/h11,13H,4-10,12H2,1-3H3,(H2,17,18,20). The van der Waals surface area contributed by atoms with Gasteiger partial charge in [-0.25, -0.2) is 4.98 Å². The maximum atomic E-state index is 4.45. The lowest BCUT2D eigenvalue weighted by Crippen LogP contribution is -2.44. The first-order chi connectivity index (χ1) is 10.7. The van der Waals surface area contributed by atoms with Crippen molar-refractivity contribution in [3.63, 3.8) is 0 Å². The highest BCUT2D eigenvalue weighted by molar-refractivity contribution is 7.11. The molecule has 0 bridgehead atoms. The third kappa shape index (κ3) is 5.57. The van der Waals surface area contributed by atoms with Crippen molar-refractivity contribution >= 4 is 17.3 Å². The number of aryl methyl sites for hydroxylation is 1. The highest BCUT2D eigenvalue weighted by Crippen LogP contribution is 2.14. The molecule has 0 radical (unpaired) electrons. The Labute approximate surface area is 138 Å². The Morgan fingerprint density at radius 2 is 2.36 bits per heavy atom. The molecule has 1 aliphatic rings. The van der Waals surface area contributed by atoms with Gasteiger partial charge in [-0.3, -0.25) is 4.99 Å². The molecule has 0 amide bonds. The number of aliphatic imine (C=N–C) groups is 1. The van der Waals surface area contributed by atoms with Gasteiger partial charge in [0.1, 0.15) is 0 Å². The molecular formula is C16H29N5S. The molecule has 5 nitrogen and oxygen atoms in total. The first kappa shape index (κ1) is 17.2. The fourth-order valence-electron chi connectivity index (χ4n) is 2.82. The highest BCUT2D eigenvalue weighted by atomic mass is 32.1. The van der Waals surface area contributed by atoms with Crippen molar-refractivity contribution in [2.45, 2.75) is 32.6 Å². The van der Waals surface area contributed by atoms with Crippen molar-refractivity contribution in [2.75, 3.05) is 40.3 Å². The molecule has 2 heterocycles. The van der Waals surface area contributed by atoms with Crippen LogP contribution in [-0.4, -0.2) is 56.1 Å². The largest absolute Gasteiger partial charge is 0.356 e. The van der Waals surface area contributed by atoms with Crippen LogP contribution in [0.3, 0.4) is 0 Å². The van der Waals surface area contributed by atoms with Crippen LogP contribution in [0.4, 0.5) is 0 Å². The monoisotopic (exact) mass is 323 g/mol. The van der Waals surface area contributed by atoms with E-state index in [-0.39, 0.29) is 0 Å². The minimum Gasteiger partial charge on any atom is -0.356 e. The summed E-state index contributed by atoms with van der Waals surface area (Å²) in [4.78, 5) is 12.5. The van der Waals surface area contributed by atoms with Crippen LogP contribution in [0.2, 0.25) is 0 Å². The van der Waals surface area contributed by atoms with Gasteiger partial charge in [-0.1, -0.05) is 6.92 Å². The lowest BCUT2D eigenvalue weighted by atomic mass is 9.99. The second kappa shape index (κ2) is 9.10. The Kier molecular flexibility index (Phi) is 7.12. The molecule has 6 heteroatoms. The Bertz CT molecular complexity index is 471. The number of nitrogens with zero attached hydrogens (tertiary/aromatic N) is 3. The summed E-state index contributed by atoms with van der Waals surface area (Å²) in [6.07, 6.45) is 6.64. The number of nitrogens with one attached hydrogen (secondary N) is 2. The van der Waals surface area contributed by atoms with Gasteiger partial charge in [0, 0.05) is 44.2 Å². The number of thiazole rings is 1. The van der Waals surface area contributed by atoms with Crippen LogP contribution in [0.5, 0.6) is 0 Å². The molecule has 0 saturated carbocycles. The molecule has 0 aromatic carbocycles. The normalized spacial score (nSPS) is 20.1. The first-order valence-corrected chi connectivity index (χ1v) is 9.09. The minimum atomic E-state index is 0.725. The first-order valence-electron chi connectivity index (χ1n) is 8.28. The van der Waals surface area contributed by atoms with E-state index in [0.717, 1.165) is 37.8 Å². The summed E-state index contributed by atoms with van der Waals surface area (Å²) < 4.78 is 0. The van der Waals surface area contributed by atoms with Crippen LogP contribution in [-0.2, 0) is 12.8 Å². The quantitative estimate of drug-likeness (QED) is 0.619. The number of aromatic nitrogens is 1. The Balaban J connectivity index is 1.66. The van der Waals surface area contributed by atoms with E-state index in [9.17, 15) is 0 Å². The Morgan fingerprint density at radius 1 is 1.50 bits per heavy atom. The number of likely N-dealkylation sites (tertiary alicyclic amines) is 1. The predicted molar refractivity (Wildman–Crippen MR) is 94.8 cm³/mol. The van der Waals surface area contributed by atoms with E-state index in [2.05, 4.69) is 39.5 Å². The average molecular weight is 324 g/mol. The van der Waals surface area contributed by atoms with Crippen molar-refractivity contribution in [1.29, 1.82) is 0 Å². The van der Waals surface area contributed by atoms with Gasteiger partial charge in [-0.05, 0) is 38.8 Å². The van der Waals surface area contributed by atoms with E-state index >= 15 is 0 Å². The van der Waals surface area contributed by atoms with Crippen molar-refractivity contribution in [2.24, 2.45) is 10.9 Å². The maximum absolute atomic E-state index is 4.45. The smallest absolute Gasteiger partial charge is 0.191 e. The second-order valence-electron chi connectivity index (χ2n) is 5.97. The molecule has 1 unspecified atom stereocenters. The fourth-order valence-corrected chi connectivity index (χ4v) is 3.68. The highest BCUT2D eigenvalue weighted by Gasteiger charge is 2.17. The van der Waals surface area contributed by atoms with Crippen LogP contribution >= 0.6 is 11.3 Å². The number of piperidine rings is 1. The second-order valence-corrected chi connectivity index (χ2v) is 7.17. The van der Waals surface area contributed by atoms with Gasteiger partial charge in [0.2, 0.25) is 0 Å². The Morgan fingerprint density at radius 3 is 3.05 bits per heavy atom. The SMILES string of the molecule is CCc1cnc(CCNC(=NC)NCC2CCCN(C)C2)s1. The zero-order valence-electron chi connectivity index (χ0n) is 14.1. The molecule has 1 aliphatic heterocycles. The van der Waals surface area contributed by atoms with Gasteiger partial charge in [-0.2, -0.15) is 0 Å². The molecule has 1 atom stereocenters. The third-order valence-corrected chi connectivity index (χ3v) is 5.29. The number of guanidine groups is 1. The molecule has 22 heavy (non-hydrogen) atoms. The molecular weight excluding hydrogens is 294 g/mol. The topological polar surface area (TPSA) is 52.6 Å². The van der Waals surface area contributed by atoms with Crippen molar-refractivity contribution in [1.82, 2.24) is 20.5 Å². The van der Waals surface area contributed by atoms with Crippen LogP contribution in [0.25, 0.3) is 0 Å². The number of hydrogen-bond donors (Lipinski definition) is 2. The van der Waals surface area contributed by atoms with Gasteiger partial charge in [0.05, 0.1) is 5.01 Å². The molecule has 2 rings (SSSR count). The molecule has 0 spiro atoms. The minimum absolute atomic E-state index is 0.725. The van der Waals surface area contributed by atoms with E-state index in [1.807, 2.05) is 24.6 Å². The van der Waals surface area contributed by atoms with E-state index in [4.69, 9.17) is 0 Å². The van der Waals surface area contributed by atoms with E-state index in [1.54, 1.807) is 0 Å². The van der Waals surface area contributed by atoms with Gasteiger partial charge < -0.3 is 15.5 Å². The van der Waals surface area contributed by atoms with Crippen LogP contribution < -0.4 is 10.6 Å². The zero-order chi connectivity index (χ0) is 15.8. The van der Waals surface area contributed by atoms with E-state index in [0.29, 0.717) is 0 Å². The van der Waals surface area contributed by atoms with E-state index in [1.165, 1.54) is 35.8 Å². The van der Waals surface area contributed by atoms with Crippen molar-refractivity contribution in [3.8, 4) is 0 Å². The van der Waals surface area contributed by atoms with Crippen LogP contribution in [0.1, 0.15) is 29.7 Å². The lowest BCUT2D eigenvalue weighted by molar-refractivity contribution is 0.210. The summed E-state index contributed by atoms with van der Waals surface area (Å²) in [5, 5.41) is 8.05. The fraction of sp³-hybridized carbons (Fsp3) is 0.750. The summed E-state index contributed by atoms with van der Waals surface area (Å²) in [6, 6.07) is 0. The van der Waals surface area contributed by atoms with Crippen molar-refractivity contribution in [3.05, 3.63) is 16.1 Å². The molecule has 1 aromatic heterocycles. The van der Waals surface area contributed by atoms with Gasteiger partial charge >= 0.3 is 0 Å². The summed E-state index contributed by atoms with van der Waals surface area (Å²) >= 11 is 1.81. The third-order valence-electron chi connectivity index (χ3n) is 4.09.